The Morgan fingerprint density at radius 3 is 2.13 bits per heavy atom. The molecule has 0 aliphatic heterocycles. The van der Waals surface area contributed by atoms with E-state index in [4.69, 9.17) is 9.57 Å². The largest absolute Gasteiger partial charge is 0.390 e. The number of likely N-dealkylation sites (N-methyl/N-ethyl adjacent to an activating group) is 1. The quantitative estimate of drug-likeness (QED) is 0.295. The van der Waals surface area contributed by atoms with Crippen LogP contribution in [0.25, 0.3) is 0 Å². The van der Waals surface area contributed by atoms with Gasteiger partial charge in [0.15, 0.2) is 6.61 Å². The van der Waals surface area contributed by atoms with E-state index in [0.29, 0.717) is 13.2 Å². The number of nitrogens with zero attached hydrogens (tertiary/aromatic N) is 2. The Labute approximate surface area is 94.4 Å². The van der Waals surface area contributed by atoms with Gasteiger partial charge in [-0.2, -0.15) is 0 Å². The van der Waals surface area contributed by atoms with Gasteiger partial charge in [-0.15, -0.1) is 0 Å². The summed E-state index contributed by atoms with van der Waals surface area (Å²) in [7, 11) is 7.96. The molecule has 0 heterocycles. The third-order valence-corrected chi connectivity index (χ3v) is 1.24. The maximum atomic E-state index is 4.99. The average Bonchev–Trinajstić information content (AvgIpc) is 2.11. The lowest BCUT2D eigenvalue weighted by atomic mass is 10.5. The van der Waals surface area contributed by atoms with Gasteiger partial charge in [0.05, 0.1) is 34.0 Å². The van der Waals surface area contributed by atoms with Gasteiger partial charge in [0.2, 0.25) is 0 Å². The zero-order valence-electron chi connectivity index (χ0n) is 11.1. The van der Waals surface area contributed by atoms with E-state index in [1.807, 2.05) is 0 Å². The Bertz CT molecular complexity index is 142. The second-order valence-electron chi connectivity index (χ2n) is 4.30. The van der Waals surface area contributed by atoms with Gasteiger partial charge >= 0.3 is 0 Å². The SMILES string of the molecule is CCC.COC/C=N/OCC[N+](C)(C)C. The molecule has 0 fully saturated rings. The second kappa shape index (κ2) is 11.5. The van der Waals surface area contributed by atoms with Crippen LogP contribution in [0.3, 0.4) is 0 Å². The number of methoxy groups -OCH3 is 1. The van der Waals surface area contributed by atoms with Crippen molar-refractivity contribution in [3.05, 3.63) is 0 Å². The maximum absolute atomic E-state index is 4.99. The minimum atomic E-state index is 0.504. The summed E-state index contributed by atoms with van der Waals surface area (Å²) < 4.78 is 5.64. The first kappa shape index (κ1) is 16.8. The van der Waals surface area contributed by atoms with Crippen LogP contribution in [0.15, 0.2) is 5.16 Å². The van der Waals surface area contributed by atoms with Gasteiger partial charge in [-0.05, 0) is 0 Å². The molecule has 4 heteroatoms. The van der Waals surface area contributed by atoms with Crippen LogP contribution in [0.4, 0.5) is 0 Å². The molecule has 92 valence electrons. The standard InChI is InChI=1S/C8H19N2O2.C3H8/c1-10(2,3)6-8-12-9-5-7-11-4;1-3-2/h5H,6-8H2,1-4H3;3H2,1-2H3/q+1;/b9-5+;. The fraction of sp³-hybridized carbons (Fsp3) is 0.909. The summed E-state index contributed by atoms with van der Waals surface area (Å²) >= 11 is 0. The van der Waals surface area contributed by atoms with Crippen LogP contribution < -0.4 is 0 Å². The Balaban J connectivity index is 0. The van der Waals surface area contributed by atoms with Crippen molar-refractivity contribution in [1.29, 1.82) is 0 Å². The lowest BCUT2D eigenvalue weighted by Gasteiger charge is -2.22. The predicted molar refractivity (Wildman–Crippen MR) is 65.2 cm³/mol. The molecule has 0 atom stereocenters. The Morgan fingerprint density at radius 1 is 1.20 bits per heavy atom. The molecule has 0 saturated heterocycles. The molecule has 0 saturated carbocycles. The summed E-state index contributed by atoms with van der Waals surface area (Å²) in [5.41, 5.74) is 0. The van der Waals surface area contributed by atoms with Crippen LogP contribution in [-0.2, 0) is 9.57 Å². The lowest BCUT2D eigenvalue weighted by Crippen LogP contribution is -2.37. The van der Waals surface area contributed by atoms with E-state index in [1.165, 1.54) is 6.42 Å². The van der Waals surface area contributed by atoms with Crippen LogP contribution in [0, 0.1) is 0 Å². The molecule has 0 spiro atoms. The summed E-state index contributed by atoms with van der Waals surface area (Å²) in [5, 5.41) is 3.70. The van der Waals surface area contributed by atoms with Gasteiger partial charge in [-0.1, -0.05) is 25.4 Å². The van der Waals surface area contributed by atoms with E-state index >= 15 is 0 Å². The maximum Gasteiger partial charge on any atom is 0.165 e. The van der Waals surface area contributed by atoms with Crippen molar-refractivity contribution in [2.75, 3.05) is 48.0 Å². The molecule has 0 bridgehead atoms. The molecule has 0 N–H and O–H groups in total. The highest BCUT2D eigenvalue weighted by Gasteiger charge is 2.05. The fourth-order valence-electron chi connectivity index (χ4n) is 0.525. The van der Waals surface area contributed by atoms with Gasteiger partial charge < -0.3 is 14.1 Å². The number of oxime groups is 1. The molecule has 0 aliphatic rings. The first-order valence-corrected chi connectivity index (χ1v) is 5.41. The van der Waals surface area contributed by atoms with Crippen molar-refractivity contribution in [3.63, 3.8) is 0 Å². The van der Waals surface area contributed by atoms with Crippen molar-refractivity contribution >= 4 is 6.21 Å². The summed E-state index contributed by atoms with van der Waals surface area (Å²) in [6.45, 7) is 6.35. The highest BCUT2D eigenvalue weighted by atomic mass is 16.6. The van der Waals surface area contributed by atoms with Crippen LogP contribution in [-0.4, -0.2) is 58.7 Å². The Morgan fingerprint density at radius 2 is 1.73 bits per heavy atom. The molecule has 0 radical (unpaired) electrons. The first-order chi connectivity index (χ1) is 6.97. The third kappa shape index (κ3) is 24.7. The van der Waals surface area contributed by atoms with Gasteiger partial charge in [-0.25, -0.2) is 0 Å². The minimum Gasteiger partial charge on any atom is -0.390 e. The summed E-state index contributed by atoms with van der Waals surface area (Å²) in [6, 6.07) is 0. The summed E-state index contributed by atoms with van der Waals surface area (Å²) in [5.74, 6) is 0. The first-order valence-electron chi connectivity index (χ1n) is 5.41. The number of rotatable bonds is 6. The summed E-state index contributed by atoms with van der Waals surface area (Å²) in [4.78, 5) is 4.99. The van der Waals surface area contributed by atoms with Crippen LogP contribution in [0.5, 0.6) is 0 Å². The number of hydrogen-bond acceptors (Lipinski definition) is 3. The molecule has 0 rings (SSSR count). The van der Waals surface area contributed by atoms with Crippen molar-refractivity contribution in [2.45, 2.75) is 20.3 Å². The van der Waals surface area contributed by atoms with E-state index in [9.17, 15) is 0 Å². The van der Waals surface area contributed by atoms with Crippen molar-refractivity contribution in [1.82, 2.24) is 0 Å². The highest BCUT2D eigenvalue weighted by Crippen LogP contribution is 1.88. The van der Waals surface area contributed by atoms with E-state index < -0.39 is 0 Å². The second-order valence-corrected chi connectivity index (χ2v) is 4.30. The van der Waals surface area contributed by atoms with Gasteiger partial charge in [-0.3, -0.25) is 0 Å². The average molecular weight is 219 g/mol. The molecule has 0 aliphatic carbocycles. The zero-order chi connectivity index (χ0) is 12.2. The van der Waals surface area contributed by atoms with Crippen LogP contribution in [0.2, 0.25) is 0 Å². The molecule has 4 nitrogen and oxygen atoms in total. The molecular weight excluding hydrogens is 192 g/mol. The number of quaternary nitrogens is 1. The van der Waals surface area contributed by atoms with Gasteiger partial charge in [0.1, 0.15) is 6.54 Å². The molecular formula is C11H27N2O2+. The Kier molecular flexibility index (Phi) is 12.8. The van der Waals surface area contributed by atoms with E-state index in [-0.39, 0.29) is 0 Å². The minimum absolute atomic E-state index is 0.504. The molecule has 15 heavy (non-hydrogen) atoms. The topological polar surface area (TPSA) is 30.8 Å². The molecule has 0 aromatic rings. The fourth-order valence-corrected chi connectivity index (χ4v) is 0.525. The molecule has 0 aromatic carbocycles. The van der Waals surface area contributed by atoms with Gasteiger partial charge in [0, 0.05) is 7.11 Å². The van der Waals surface area contributed by atoms with Crippen LogP contribution >= 0.6 is 0 Å². The number of ether oxygens (including phenoxy) is 1. The van der Waals surface area contributed by atoms with Crippen molar-refractivity contribution < 1.29 is 14.1 Å². The number of hydrogen-bond donors (Lipinski definition) is 0. The lowest BCUT2D eigenvalue weighted by molar-refractivity contribution is -0.870. The highest BCUT2D eigenvalue weighted by molar-refractivity contribution is 5.57. The molecule has 0 amide bonds. The van der Waals surface area contributed by atoms with Crippen molar-refractivity contribution in [3.8, 4) is 0 Å². The zero-order valence-corrected chi connectivity index (χ0v) is 11.1. The smallest absolute Gasteiger partial charge is 0.165 e. The third-order valence-electron chi connectivity index (χ3n) is 1.24. The monoisotopic (exact) mass is 219 g/mol. The Hall–Kier alpha value is -0.610. The van der Waals surface area contributed by atoms with E-state index in [1.54, 1.807) is 13.3 Å². The van der Waals surface area contributed by atoms with E-state index in [0.717, 1.165) is 11.0 Å². The normalized spacial score (nSPS) is 11.1. The van der Waals surface area contributed by atoms with Gasteiger partial charge in [0.25, 0.3) is 0 Å². The molecule has 0 unspecified atom stereocenters. The van der Waals surface area contributed by atoms with Crippen LogP contribution in [0.1, 0.15) is 20.3 Å². The van der Waals surface area contributed by atoms with E-state index in [2.05, 4.69) is 40.1 Å². The summed E-state index contributed by atoms with van der Waals surface area (Å²) in [6.07, 6.45) is 2.86. The molecule has 0 aromatic heterocycles. The van der Waals surface area contributed by atoms with Crippen molar-refractivity contribution in [2.24, 2.45) is 5.16 Å². The predicted octanol–water partition coefficient (Wildman–Crippen LogP) is 1.76.